The van der Waals surface area contributed by atoms with Gasteiger partial charge < -0.3 is 5.73 Å². The quantitative estimate of drug-likeness (QED) is 0.743. The Morgan fingerprint density at radius 3 is 3.15 bits per heavy atom. The van der Waals surface area contributed by atoms with Crippen molar-refractivity contribution >= 4 is 33.0 Å². The number of hydrogen-bond acceptors (Lipinski definition) is 3. The summed E-state index contributed by atoms with van der Waals surface area (Å²) in [6.45, 7) is 0. The van der Waals surface area contributed by atoms with Crippen molar-refractivity contribution in [2.24, 2.45) is 5.73 Å². The molecule has 0 saturated heterocycles. The molecule has 2 aromatic rings. The van der Waals surface area contributed by atoms with Crippen LogP contribution in [0.5, 0.6) is 0 Å². The molecular formula is C7H4BrN4O. The fourth-order valence-corrected chi connectivity index (χ4v) is 1.32. The van der Waals surface area contributed by atoms with Crippen LogP contribution in [0.3, 0.4) is 0 Å². The zero-order chi connectivity index (χ0) is 9.42. The molecule has 0 fully saturated rings. The highest BCUT2D eigenvalue weighted by Gasteiger charge is 2.08. The molecule has 65 valence electrons. The second-order valence-corrected chi connectivity index (χ2v) is 3.30. The molecule has 2 aromatic heterocycles. The molecule has 0 atom stereocenters. The van der Waals surface area contributed by atoms with Crippen LogP contribution in [0.1, 0.15) is 0 Å². The second kappa shape index (κ2) is 2.81. The maximum atomic E-state index is 10.8. The summed E-state index contributed by atoms with van der Waals surface area (Å²) >= 11 is 3.24. The van der Waals surface area contributed by atoms with Gasteiger partial charge in [0.05, 0.1) is 5.39 Å². The number of fused-ring (bicyclic) bond motifs is 1. The summed E-state index contributed by atoms with van der Waals surface area (Å²) in [6.07, 6.45) is 4.20. The van der Waals surface area contributed by atoms with E-state index in [1.165, 1.54) is 0 Å². The van der Waals surface area contributed by atoms with E-state index >= 15 is 0 Å². The molecule has 2 heterocycles. The number of halogens is 1. The van der Waals surface area contributed by atoms with Crippen molar-refractivity contribution in [3.8, 4) is 0 Å². The molecule has 0 bridgehead atoms. The predicted octanol–water partition coefficient (Wildman–Crippen LogP) is 0.921. The lowest BCUT2D eigenvalue weighted by molar-refractivity contribution is 0.248. The molecule has 0 saturated carbocycles. The van der Waals surface area contributed by atoms with Gasteiger partial charge in [0.25, 0.3) is 0 Å². The van der Waals surface area contributed by atoms with E-state index in [-0.39, 0.29) is 0 Å². The highest BCUT2D eigenvalue weighted by Crippen LogP contribution is 2.15. The average Bonchev–Trinajstić information content (AvgIpc) is 2.46. The highest BCUT2D eigenvalue weighted by molar-refractivity contribution is 9.10. The molecular weight excluding hydrogens is 236 g/mol. The van der Waals surface area contributed by atoms with Crippen molar-refractivity contribution < 1.29 is 4.79 Å². The van der Waals surface area contributed by atoms with Gasteiger partial charge in [0, 0.05) is 10.7 Å². The SMILES string of the molecule is NC(=O)n1n[c]c2cc(Br)cnc21. The van der Waals surface area contributed by atoms with Gasteiger partial charge in [0.2, 0.25) is 0 Å². The molecule has 0 aromatic carbocycles. The Labute approximate surface area is 81.7 Å². The van der Waals surface area contributed by atoms with Crippen LogP contribution < -0.4 is 5.73 Å². The normalized spacial score (nSPS) is 10.5. The Kier molecular flexibility index (Phi) is 1.77. The van der Waals surface area contributed by atoms with Crippen LogP contribution in [0.4, 0.5) is 4.79 Å². The summed E-state index contributed by atoms with van der Waals surface area (Å²) in [5.74, 6) is 0. The van der Waals surface area contributed by atoms with Gasteiger partial charge in [-0.3, -0.25) is 0 Å². The monoisotopic (exact) mass is 239 g/mol. The molecule has 1 radical (unpaired) electrons. The van der Waals surface area contributed by atoms with Gasteiger partial charge in [0.15, 0.2) is 5.65 Å². The molecule has 0 aliphatic heterocycles. The first-order valence-corrected chi connectivity index (χ1v) is 4.19. The number of nitrogens with zero attached hydrogens (tertiary/aromatic N) is 3. The molecule has 0 unspecified atom stereocenters. The number of nitrogens with two attached hydrogens (primary N) is 1. The van der Waals surface area contributed by atoms with Gasteiger partial charge in [-0.1, -0.05) is 0 Å². The lowest BCUT2D eigenvalue weighted by Crippen LogP contribution is -2.20. The van der Waals surface area contributed by atoms with Crippen molar-refractivity contribution in [3.05, 3.63) is 22.9 Å². The Morgan fingerprint density at radius 2 is 2.46 bits per heavy atom. The van der Waals surface area contributed by atoms with E-state index in [0.717, 1.165) is 9.15 Å². The zero-order valence-corrected chi connectivity index (χ0v) is 7.95. The van der Waals surface area contributed by atoms with Crippen molar-refractivity contribution in [2.75, 3.05) is 0 Å². The number of primary amides is 1. The van der Waals surface area contributed by atoms with E-state index < -0.39 is 6.03 Å². The van der Waals surface area contributed by atoms with Crippen LogP contribution in [-0.4, -0.2) is 20.8 Å². The van der Waals surface area contributed by atoms with Crippen LogP contribution in [0, 0.1) is 6.20 Å². The summed E-state index contributed by atoms with van der Waals surface area (Å²) < 4.78 is 1.81. The van der Waals surface area contributed by atoms with E-state index in [4.69, 9.17) is 5.73 Å². The first-order chi connectivity index (χ1) is 6.18. The van der Waals surface area contributed by atoms with E-state index in [1.807, 2.05) is 0 Å². The number of pyridine rings is 1. The molecule has 5 nitrogen and oxygen atoms in total. The number of hydrogen-bond donors (Lipinski definition) is 1. The average molecular weight is 240 g/mol. The molecule has 2 N–H and O–H groups in total. The van der Waals surface area contributed by atoms with Crippen LogP contribution in [-0.2, 0) is 0 Å². The molecule has 6 heteroatoms. The number of carbonyl (C=O) groups is 1. The Balaban J connectivity index is 2.76. The minimum atomic E-state index is -0.666. The van der Waals surface area contributed by atoms with Gasteiger partial charge in [0.1, 0.15) is 6.20 Å². The number of carbonyl (C=O) groups excluding carboxylic acids is 1. The number of amides is 1. The lowest BCUT2D eigenvalue weighted by Gasteiger charge is -1.94. The third kappa shape index (κ3) is 1.29. The number of rotatable bonds is 0. The van der Waals surface area contributed by atoms with Crippen LogP contribution in [0.2, 0.25) is 0 Å². The van der Waals surface area contributed by atoms with Crippen molar-refractivity contribution in [3.63, 3.8) is 0 Å². The maximum Gasteiger partial charge on any atom is 0.341 e. The van der Waals surface area contributed by atoms with Gasteiger partial charge in [-0.15, -0.1) is 0 Å². The van der Waals surface area contributed by atoms with Gasteiger partial charge in [-0.25, -0.2) is 9.78 Å². The van der Waals surface area contributed by atoms with Crippen molar-refractivity contribution in [1.29, 1.82) is 0 Å². The lowest BCUT2D eigenvalue weighted by atomic mass is 10.4. The summed E-state index contributed by atoms with van der Waals surface area (Å²) in [5, 5.41) is 4.32. The zero-order valence-electron chi connectivity index (χ0n) is 6.36. The van der Waals surface area contributed by atoms with Gasteiger partial charge in [-0.05, 0) is 22.0 Å². The molecule has 0 aliphatic carbocycles. The topological polar surface area (TPSA) is 73.8 Å². The van der Waals surface area contributed by atoms with Gasteiger partial charge in [-0.2, -0.15) is 9.78 Å². The van der Waals surface area contributed by atoms with E-state index in [9.17, 15) is 4.79 Å². The Bertz CT molecular complexity index is 478. The second-order valence-electron chi connectivity index (χ2n) is 2.39. The van der Waals surface area contributed by atoms with E-state index in [0.29, 0.717) is 11.0 Å². The minimum Gasteiger partial charge on any atom is -0.350 e. The molecule has 13 heavy (non-hydrogen) atoms. The Hall–Kier alpha value is -1.43. The van der Waals surface area contributed by atoms with E-state index in [1.54, 1.807) is 12.3 Å². The summed E-state index contributed by atoms with van der Waals surface area (Å²) in [4.78, 5) is 14.8. The molecule has 0 spiro atoms. The van der Waals surface area contributed by atoms with Crippen LogP contribution in [0.15, 0.2) is 16.7 Å². The predicted molar refractivity (Wildman–Crippen MR) is 49.0 cm³/mol. The van der Waals surface area contributed by atoms with Crippen LogP contribution >= 0.6 is 15.9 Å². The molecule has 1 amide bonds. The minimum absolute atomic E-state index is 0.413. The smallest absolute Gasteiger partial charge is 0.341 e. The van der Waals surface area contributed by atoms with E-state index in [2.05, 4.69) is 32.2 Å². The maximum absolute atomic E-state index is 10.8. The fourth-order valence-electron chi connectivity index (χ4n) is 0.988. The molecule has 2 rings (SSSR count). The largest absolute Gasteiger partial charge is 0.350 e. The summed E-state index contributed by atoms with van der Waals surface area (Å²) in [5.41, 5.74) is 5.46. The molecule has 0 aliphatic rings. The fraction of sp³-hybridized carbons (Fsp3) is 0. The highest BCUT2D eigenvalue weighted by atomic mass is 79.9. The van der Waals surface area contributed by atoms with Crippen molar-refractivity contribution in [2.45, 2.75) is 0 Å². The number of aromatic nitrogens is 3. The van der Waals surface area contributed by atoms with Crippen molar-refractivity contribution in [1.82, 2.24) is 14.8 Å². The summed E-state index contributed by atoms with van der Waals surface area (Å²) in [7, 11) is 0. The first kappa shape index (κ1) is 8.18. The Morgan fingerprint density at radius 1 is 1.69 bits per heavy atom. The third-order valence-electron chi connectivity index (χ3n) is 1.51. The standard InChI is InChI=1S/C7H4BrN4O/c8-5-1-4-2-11-12(7(9)13)6(4)10-3-5/h1,3H,(H2,9,13). The third-order valence-corrected chi connectivity index (χ3v) is 1.95. The summed E-state index contributed by atoms with van der Waals surface area (Å²) in [6, 6.07) is 1.09. The van der Waals surface area contributed by atoms with Crippen LogP contribution in [0.25, 0.3) is 11.0 Å². The van der Waals surface area contributed by atoms with Gasteiger partial charge >= 0.3 is 6.03 Å². The first-order valence-electron chi connectivity index (χ1n) is 3.40.